The fourth-order valence-corrected chi connectivity index (χ4v) is 1.50. The van der Waals surface area contributed by atoms with E-state index in [-0.39, 0.29) is 35.8 Å². The lowest BCUT2D eigenvalue weighted by molar-refractivity contribution is 0.0913. The zero-order valence-electron chi connectivity index (χ0n) is 12.2. The van der Waals surface area contributed by atoms with Gasteiger partial charge in [0.2, 0.25) is 0 Å². The zero-order chi connectivity index (χ0) is 16.0. The number of hydrogen-bond acceptors (Lipinski definition) is 3. The predicted molar refractivity (Wildman–Crippen MR) is 74.7 cm³/mol. The monoisotopic (exact) mass is 298 g/mol. The Morgan fingerprint density at radius 3 is 2.67 bits per heavy atom. The molecule has 21 heavy (non-hydrogen) atoms. The minimum absolute atomic E-state index is 0.0551. The molecule has 1 aromatic heterocycles. The van der Waals surface area contributed by atoms with E-state index in [4.69, 9.17) is 5.11 Å². The standard InChI is InChI=1S/C13H19FN4O3/c1-13(2,3)16-11(19)10-4-5-18(17-10)8-9(6-14)7-15-12(20)21/h4-6,15H,7-8H2,1-3H3,(H,16,19)(H,20,21). The van der Waals surface area contributed by atoms with E-state index in [0.29, 0.717) is 6.33 Å². The fourth-order valence-electron chi connectivity index (χ4n) is 1.50. The van der Waals surface area contributed by atoms with Gasteiger partial charge in [-0.25, -0.2) is 9.18 Å². The second kappa shape index (κ2) is 6.87. The van der Waals surface area contributed by atoms with Gasteiger partial charge in [-0.2, -0.15) is 5.10 Å². The molecule has 0 radical (unpaired) electrons. The SMILES string of the molecule is CC(C)(C)NC(=O)c1ccn(CC(=CF)CNC(=O)O)n1. The first-order valence-electron chi connectivity index (χ1n) is 6.32. The van der Waals surface area contributed by atoms with Crippen LogP contribution in [0.4, 0.5) is 9.18 Å². The van der Waals surface area contributed by atoms with E-state index in [9.17, 15) is 14.0 Å². The normalized spacial score (nSPS) is 12.1. The molecule has 0 saturated carbocycles. The number of carbonyl (C=O) groups excluding carboxylic acids is 1. The third-order valence-corrected chi connectivity index (χ3v) is 2.35. The maximum atomic E-state index is 12.7. The van der Waals surface area contributed by atoms with Crippen LogP contribution in [0.15, 0.2) is 24.2 Å². The molecule has 1 rings (SSSR count). The van der Waals surface area contributed by atoms with Crippen LogP contribution in [0.3, 0.4) is 0 Å². The molecule has 0 aliphatic carbocycles. The molecule has 2 amide bonds. The number of halogens is 1. The summed E-state index contributed by atoms with van der Waals surface area (Å²) in [5.74, 6) is -0.323. The molecule has 0 bridgehead atoms. The van der Waals surface area contributed by atoms with Gasteiger partial charge >= 0.3 is 6.09 Å². The molecule has 0 aliphatic rings. The lowest BCUT2D eigenvalue weighted by atomic mass is 10.1. The predicted octanol–water partition coefficient (Wildman–Crippen LogP) is 1.53. The van der Waals surface area contributed by atoms with Gasteiger partial charge in [-0.1, -0.05) is 0 Å². The fraction of sp³-hybridized carbons (Fsp3) is 0.462. The Labute approximate surface area is 121 Å². The van der Waals surface area contributed by atoms with Crippen LogP contribution in [0, 0.1) is 0 Å². The van der Waals surface area contributed by atoms with Crippen molar-refractivity contribution in [2.45, 2.75) is 32.9 Å². The molecule has 1 aromatic rings. The van der Waals surface area contributed by atoms with Crippen molar-refractivity contribution in [1.82, 2.24) is 20.4 Å². The summed E-state index contributed by atoms with van der Waals surface area (Å²) in [7, 11) is 0. The van der Waals surface area contributed by atoms with E-state index in [1.165, 1.54) is 16.9 Å². The number of amides is 2. The Bertz CT molecular complexity index is 546. The number of nitrogens with one attached hydrogen (secondary N) is 2. The third kappa shape index (κ3) is 6.07. The Morgan fingerprint density at radius 2 is 2.14 bits per heavy atom. The van der Waals surface area contributed by atoms with Crippen LogP contribution in [-0.2, 0) is 6.54 Å². The molecule has 0 aromatic carbocycles. The summed E-state index contributed by atoms with van der Waals surface area (Å²) in [4.78, 5) is 22.2. The first kappa shape index (κ1) is 16.7. The van der Waals surface area contributed by atoms with Crippen LogP contribution < -0.4 is 10.6 Å². The van der Waals surface area contributed by atoms with E-state index < -0.39 is 6.09 Å². The second-order valence-corrected chi connectivity index (χ2v) is 5.53. The summed E-state index contributed by atoms with van der Waals surface area (Å²) in [6.07, 6.45) is 0.619. The van der Waals surface area contributed by atoms with Gasteiger partial charge in [0, 0.05) is 18.3 Å². The average Bonchev–Trinajstić information content (AvgIpc) is 2.80. The van der Waals surface area contributed by atoms with Crippen molar-refractivity contribution in [1.29, 1.82) is 0 Å². The first-order chi connectivity index (χ1) is 9.71. The summed E-state index contributed by atoms with van der Waals surface area (Å²) in [5.41, 5.74) is 0.0358. The van der Waals surface area contributed by atoms with Crippen LogP contribution in [0.5, 0.6) is 0 Å². The number of rotatable bonds is 5. The Balaban J connectivity index is 2.66. The Kier molecular flexibility index (Phi) is 5.45. The highest BCUT2D eigenvalue weighted by Crippen LogP contribution is 2.05. The molecular formula is C13H19FN4O3. The summed E-state index contributed by atoms with van der Waals surface area (Å²) in [6, 6.07) is 1.52. The van der Waals surface area contributed by atoms with Crippen LogP contribution in [0.25, 0.3) is 0 Å². The molecule has 0 aliphatic heterocycles. The summed E-state index contributed by atoms with van der Waals surface area (Å²) < 4.78 is 14.0. The number of hydrogen-bond donors (Lipinski definition) is 3. The van der Waals surface area contributed by atoms with Gasteiger partial charge in [-0.15, -0.1) is 0 Å². The number of nitrogens with zero attached hydrogens (tertiary/aromatic N) is 2. The van der Waals surface area contributed by atoms with E-state index in [2.05, 4.69) is 15.7 Å². The molecule has 3 N–H and O–H groups in total. The van der Waals surface area contributed by atoms with Gasteiger partial charge in [-0.05, 0) is 32.4 Å². The minimum Gasteiger partial charge on any atom is -0.465 e. The molecule has 116 valence electrons. The number of aromatic nitrogens is 2. The van der Waals surface area contributed by atoms with Crippen molar-refractivity contribution >= 4 is 12.0 Å². The van der Waals surface area contributed by atoms with Crippen LogP contribution in [-0.4, -0.2) is 39.0 Å². The maximum Gasteiger partial charge on any atom is 0.404 e. The molecule has 0 spiro atoms. The Hall–Kier alpha value is -2.38. The zero-order valence-corrected chi connectivity index (χ0v) is 12.2. The van der Waals surface area contributed by atoms with Gasteiger partial charge in [0.05, 0.1) is 12.9 Å². The van der Waals surface area contributed by atoms with Crippen LogP contribution in [0.1, 0.15) is 31.3 Å². The van der Waals surface area contributed by atoms with Crippen molar-refractivity contribution in [3.8, 4) is 0 Å². The average molecular weight is 298 g/mol. The van der Waals surface area contributed by atoms with Gasteiger partial charge in [-0.3, -0.25) is 9.48 Å². The van der Waals surface area contributed by atoms with Crippen LogP contribution in [0.2, 0.25) is 0 Å². The van der Waals surface area contributed by atoms with Gasteiger partial charge in [0.1, 0.15) is 5.69 Å². The minimum atomic E-state index is -1.24. The van der Waals surface area contributed by atoms with Crippen molar-refractivity contribution in [3.63, 3.8) is 0 Å². The molecule has 7 nitrogen and oxygen atoms in total. The third-order valence-electron chi connectivity index (χ3n) is 2.35. The molecular weight excluding hydrogens is 279 g/mol. The highest BCUT2D eigenvalue weighted by Gasteiger charge is 2.17. The molecule has 0 saturated heterocycles. The lowest BCUT2D eigenvalue weighted by Crippen LogP contribution is -2.40. The molecule has 1 heterocycles. The topological polar surface area (TPSA) is 96.2 Å². The molecule has 0 fully saturated rings. The van der Waals surface area contributed by atoms with Gasteiger partial charge in [0.25, 0.3) is 5.91 Å². The van der Waals surface area contributed by atoms with Gasteiger partial charge < -0.3 is 15.7 Å². The largest absolute Gasteiger partial charge is 0.465 e. The lowest BCUT2D eigenvalue weighted by Gasteiger charge is -2.19. The summed E-state index contributed by atoms with van der Waals surface area (Å²) >= 11 is 0. The highest BCUT2D eigenvalue weighted by atomic mass is 19.1. The highest BCUT2D eigenvalue weighted by molar-refractivity contribution is 5.92. The molecule has 0 unspecified atom stereocenters. The summed E-state index contributed by atoms with van der Waals surface area (Å²) in [6.45, 7) is 5.46. The summed E-state index contributed by atoms with van der Waals surface area (Å²) in [5, 5.41) is 17.3. The van der Waals surface area contributed by atoms with Crippen LogP contribution >= 0.6 is 0 Å². The van der Waals surface area contributed by atoms with Crippen molar-refractivity contribution in [3.05, 3.63) is 29.9 Å². The van der Waals surface area contributed by atoms with E-state index in [0.717, 1.165) is 0 Å². The first-order valence-corrected chi connectivity index (χ1v) is 6.32. The van der Waals surface area contributed by atoms with Gasteiger partial charge in [0.15, 0.2) is 0 Å². The van der Waals surface area contributed by atoms with E-state index in [1.54, 1.807) is 0 Å². The Morgan fingerprint density at radius 1 is 1.48 bits per heavy atom. The van der Waals surface area contributed by atoms with Crippen molar-refractivity contribution in [2.24, 2.45) is 0 Å². The maximum absolute atomic E-state index is 12.7. The quantitative estimate of drug-likeness (QED) is 0.768. The number of carbonyl (C=O) groups is 2. The van der Waals surface area contributed by atoms with Crippen molar-refractivity contribution < 1.29 is 19.1 Å². The smallest absolute Gasteiger partial charge is 0.404 e. The number of carboxylic acid groups (broad SMARTS) is 1. The molecule has 0 atom stereocenters. The second-order valence-electron chi connectivity index (χ2n) is 5.53. The van der Waals surface area contributed by atoms with Crippen molar-refractivity contribution in [2.75, 3.05) is 6.54 Å². The molecule has 8 heteroatoms. The van der Waals surface area contributed by atoms with E-state index in [1.807, 2.05) is 20.8 Å². The van der Waals surface area contributed by atoms with E-state index >= 15 is 0 Å².